The highest BCUT2D eigenvalue weighted by molar-refractivity contribution is 5.30. The Hall–Kier alpha value is -0.860. The van der Waals surface area contributed by atoms with Gasteiger partial charge in [-0.25, -0.2) is 0 Å². The average Bonchev–Trinajstić information content (AvgIpc) is 2.25. The Kier molecular flexibility index (Phi) is 3.31. The Labute approximate surface area is 98.0 Å². The van der Waals surface area contributed by atoms with Crippen LogP contribution in [-0.4, -0.2) is 11.6 Å². The molecule has 0 aromatic heterocycles. The highest BCUT2D eigenvalue weighted by Gasteiger charge is 2.20. The molecule has 1 aliphatic rings. The van der Waals surface area contributed by atoms with Gasteiger partial charge in [-0.1, -0.05) is 24.3 Å². The van der Waals surface area contributed by atoms with Crippen molar-refractivity contribution in [2.75, 3.05) is 0 Å². The van der Waals surface area contributed by atoms with Gasteiger partial charge in [0.05, 0.1) is 5.60 Å². The van der Waals surface area contributed by atoms with Crippen LogP contribution in [0.3, 0.4) is 0 Å². The van der Waals surface area contributed by atoms with Crippen LogP contribution in [0.2, 0.25) is 0 Å². The second kappa shape index (κ2) is 4.56. The van der Waals surface area contributed by atoms with Gasteiger partial charge in [-0.05, 0) is 51.2 Å². The van der Waals surface area contributed by atoms with Crippen LogP contribution in [0.5, 0.6) is 0 Å². The van der Waals surface area contributed by atoms with E-state index in [1.807, 2.05) is 0 Å². The van der Waals surface area contributed by atoms with Crippen molar-refractivity contribution < 1.29 is 4.84 Å². The van der Waals surface area contributed by atoms with Gasteiger partial charge in [0.1, 0.15) is 0 Å². The first-order chi connectivity index (χ1) is 7.54. The fourth-order valence-electron chi connectivity index (χ4n) is 2.06. The number of aryl methyl sites for hydroxylation is 1. The van der Waals surface area contributed by atoms with E-state index >= 15 is 0 Å². The van der Waals surface area contributed by atoms with Crippen LogP contribution in [0.1, 0.15) is 38.3 Å². The molecule has 2 heteroatoms. The van der Waals surface area contributed by atoms with Crippen molar-refractivity contribution in [3.63, 3.8) is 0 Å². The molecule has 0 fully saturated rings. The summed E-state index contributed by atoms with van der Waals surface area (Å²) in [5.74, 6) is 0. The first-order valence-corrected chi connectivity index (χ1v) is 6.05. The van der Waals surface area contributed by atoms with Crippen LogP contribution in [0.15, 0.2) is 24.3 Å². The quantitative estimate of drug-likeness (QED) is 0.772. The van der Waals surface area contributed by atoms with Gasteiger partial charge >= 0.3 is 0 Å². The number of hydrogen-bond acceptors (Lipinski definition) is 2. The number of rotatable bonds is 2. The Bertz CT molecular complexity index is 354. The lowest BCUT2D eigenvalue weighted by molar-refractivity contribution is -0.0898. The monoisotopic (exact) mass is 219 g/mol. The molecule has 2 rings (SSSR count). The van der Waals surface area contributed by atoms with Crippen molar-refractivity contribution in [3.8, 4) is 0 Å². The lowest BCUT2D eigenvalue weighted by atomic mass is 9.89. The van der Waals surface area contributed by atoms with Gasteiger partial charge in [-0.15, -0.1) is 0 Å². The van der Waals surface area contributed by atoms with Crippen molar-refractivity contribution in [1.29, 1.82) is 0 Å². The molecule has 0 aliphatic heterocycles. The maximum Gasteiger partial charge on any atom is 0.0813 e. The Morgan fingerprint density at radius 2 is 1.88 bits per heavy atom. The molecule has 1 aromatic carbocycles. The van der Waals surface area contributed by atoms with Crippen LogP contribution < -0.4 is 5.48 Å². The van der Waals surface area contributed by atoms with E-state index in [1.54, 1.807) is 0 Å². The maximum atomic E-state index is 5.63. The molecule has 0 heterocycles. The normalized spacial score (nSPS) is 20.6. The molecule has 88 valence electrons. The summed E-state index contributed by atoms with van der Waals surface area (Å²) in [5.41, 5.74) is 6.05. The van der Waals surface area contributed by atoms with E-state index in [0.29, 0.717) is 6.04 Å². The molecule has 0 saturated heterocycles. The lowest BCUT2D eigenvalue weighted by Crippen LogP contribution is -2.39. The van der Waals surface area contributed by atoms with Gasteiger partial charge in [-0.2, -0.15) is 5.48 Å². The zero-order valence-corrected chi connectivity index (χ0v) is 10.4. The SMILES string of the molecule is CC(C)(C)ONC1CCc2ccccc2C1. The molecular weight excluding hydrogens is 198 g/mol. The minimum atomic E-state index is -0.114. The van der Waals surface area contributed by atoms with Crippen LogP contribution in [0, 0.1) is 0 Å². The minimum Gasteiger partial charge on any atom is -0.296 e. The number of nitrogens with one attached hydrogen (secondary N) is 1. The molecule has 0 spiro atoms. The Balaban J connectivity index is 1.93. The second-order valence-corrected chi connectivity index (χ2v) is 5.54. The predicted molar refractivity (Wildman–Crippen MR) is 66.2 cm³/mol. The number of benzene rings is 1. The van der Waals surface area contributed by atoms with Crippen LogP contribution in [0.25, 0.3) is 0 Å². The first kappa shape index (κ1) is 11.6. The summed E-state index contributed by atoms with van der Waals surface area (Å²) < 4.78 is 0. The molecule has 2 nitrogen and oxygen atoms in total. The van der Waals surface area contributed by atoms with Gasteiger partial charge in [-0.3, -0.25) is 4.84 Å². The van der Waals surface area contributed by atoms with Gasteiger partial charge < -0.3 is 0 Å². The third-order valence-electron chi connectivity index (χ3n) is 2.88. The van der Waals surface area contributed by atoms with Crippen molar-refractivity contribution in [2.45, 2.75) is 51.7 Å². The fraction of sp³-hybridized carbons (Fsp3) is 0.571. The molecule has 1 unspecified atom stereocenters. The summed E-state index contributed by atoms with van der Waals surface area (Å²) in [6.07, 6.45) is 3.39. The molecule has 0 radical (unpaired) electrons. The van der Waals surface area contributed by atoms with E-state index in [-0.39, 0.29) is 5.60 Å². The molecule has 1 aliphatic carbocycles. The third-order valence-corrected chi connectivity index (χ3v) is 2.88. The molecule has 1 atom stereocenters. The minimum absolute atomic E-state index is 0.114. The summed E-state index contributed by atoms with van der Waals surface area (Å²) >= 11 is 0. The topological polar surface area (TPSA) is 21.3 Å². The number of fused-ring (bicyclic) bond motifs is 1. The highest BCUT2D eigenvalue weighted by Crippen LogP contribution is 2.21. The number of hydrogen-bond donors (Lipinski definition) is 1. The summed E-state index contributed by atoms with van der Waals surface area (Å²) in [6, 6.07) is 9.15. The predicted octanol–water partition coefficient (Wildman–Crippen LogP) is 2.86. The first-order valence-electron chi connectivity index (χ1n) is 6.05. The molecule has 1 aromatic rings. The second-order valence-electron chi connectivity index (χ2n) is 5.54. The molecule has 0 saturated carbocycles. The smallest absolute Gasteiger partial charge is 0.0813 e. The highest BCUT2D eigenvalue weighted by atomic mass is 16.7. The molecule has 1 N–H and O–H groups in total. The van der Waals surface area contributed by atoms with Crippen molar-refractivity contribution in [3.05, 3.63) is 35.4 Å². The van der Waals surface area contributed by atoms with Crippen LogP contribution >= 0.6 is 0 Å². The van der Waals surface area contributed by atoms with Gasteiger partial charge in [0, 0.05) is 6.04 Å². The van der Waals surface area contributed by atoms with Crippen molar-refractivity contribution >= 4 is 0 Å². The van der Waals surface area contributed by atoms with E-state index < -0.39 is 0 Å². The fourth-order valence-corrected chi connectivity index (χ4v) is 2.06. The average molecular weight is 219 g/mol. The van der Waals surface area contributed by atoms with Crippen molar-refractivity contribution in [1.82, 2.24) is 5.48 Å². The van der Waals surface area contributed by atoms with E-state index in [0.717, 1.165) is 19.3 Å². The zero-order chi connectivity index (χ0) is 11.6. The van der Waals surface area contributed by atoms with Gasteiger partial charge in [0.25, 0.3) is 0 Å². The molecule has 16 heavy (non-hydrogen) atoms. The van der Waals surface area contributed by atoms with E-state index in [2.05, 4.69) is 50.5 Å². The van der Waals surface area contributed by atoms with Crippen LogP contribution in [0.4, 0.5) is 0 Å². The standard InChI is InChI=1S/C14H21NO/c1-14(2,3)16-15-13-9-8-11-6-4-5-7-12(11)10-13/h4-7,13,15H,8-10H2,1-3H3. The summed E-state index contributed by atoms with van der Waals surface area (Å²) in [5, 5.41) is 0. The van der Waals surface area contributed by atoms with E-state index in [9.17, 15) is 0 Å². The van der Waals surface area contributed by atoms with E-state index in [1.165, 1.54) is 11.1 Å². The summed E-state index contributed by atoms with van der Waals surface area (Å²) in [6.45, 7) is 6.20. The number of hydroxylamine groups is 1. The summed E-state index contributed by atoms with van der Waals surface area (Å²) in [7, 11) is 0. The largest absolute Gasteiger partial charge is 0.296 e. The van der Waals surface area contributed by atoms with Gasteiger partial charge in [0.15, 0.2) is 0 Å². The summed E-state index contributed by atoms with van der Waals surface area (Å²) in [4.78, 5) is 5.63. The Morgan fingerprint density at radius 3 is 2.56 bits per heavy atom. The Morgan fingerprint density at radius 1 is 1.19 bits per heavy atom. The molecular formula is C14H21NO. The zero-order valence-electron chi connectivity index (χ0n) is 10.4. The van der Waals surface area contributed by atoms with E-state index in [4.69, 9.17) is 4.84 Å². The maximum absolute atomic E-state index is 5.63. The lowest BCUT2D eigenvalue weighted by Gasteiger charge is -2.28. The molecule has 0 amide bonds. The van der Waals surface area contributed by atoms with Crippen LogP contribution in [-0.2, 0) is 17.7 Å². The third kappa shape index (κ3) is 3.06. The van der Waals surface area contributed by atoms with Gasteiger partial charge in [0.2, 0.25) is 0 Å². The molecule has 0 bridgehead atoms. The van der Waals surface area contributed by atoms with Crippen molar-refractivity contribution in [2.24, 2.45) is 0 Å².